The molecule has 2 N–H and O–H groups in total. The molecule has 4 rings (SSSR count). The van der Waals surface area contributed by atoms with Crippen molar-refractivity contribution in [2.75, 3.05) is 10.6 Å². The van der Waals surface area contributed by atoms with Gasteiger partial charge in [0.2, 0.25) is 17.5 Å². The summed E-state index contributed by atoms with van der Waals surface area (Å²) in [6.07, 6.45) is 0. The lowest BCUT2D eigenvalue weighted by Gasteiger charge is -2.21. The highest BCUT2D eigenvalue weighted by Crippen LogP contribution is 2.36. The van der Waals surface area contributed by atoms with Gasteiger partial charge in [0.15, 0.2) is 4.90 Å². The summed E-state index contributed by atoms with van der Waals surface area (Å²) < 4.78 is 29.6. The predicted octanol–water partition coefficient (Wildman–Crippen LogP) is 4.94. The third-order valence-electron chi connectivity index (χ3n) is 4.77. The number of hydrogen-bond acceptors (Lipinski definition) is 5. The zero-order valence-corrected chi connectivity index (χ0v) is 18.6. The third kappa shape index (κ3) is 5.24. The summed E-state index contributed by atoms with van der Waals surface area (Å²) in [5.74, 6) is 0.188. The zero-order chi connectivity index (χ0) is 22.7. The van der Waals surface area contributed by atoms with Crippen LogP contribution in [0.4, 0.5) is 15.3 Å². The second-order valence-corrected chi connectivity index (χ2v) is 9.40. The van der Waals surface area contributed by atoms with E-state index in [4.69, 9.17) is 4.74 Å². The minimum Gasteiger partial charge on any atom is -0.575 e. The maximum Gasteiger partial charge on any atom is 0.255 e. The third-order valence-corrected chi connectivity index (χ3v) is 6.58. The van der Waals surface area contributed by atoms with E-state index >= 15 is 0 Å². The van der Waals surface area contributed by atoms with Gasteiger partial charge in [0, 0.05) is 26.1 Å². The molecule has 1 aliphatic heterocycles. The van der Waals surface area contributed by atoms with Crippen LogP contribution in [-0.2, 0) is 23.0 Å². The fourth-order valence-corrected chi connectivity index (χ4v) is 4.45. The summed E-state index contributed by atoms with van der Waals surface area (Å²) in [7, 11) is 0. The Morgan fingerprint density at radius 2 is 1.97 bits per heavy atom. The normalized spacial score (nSPS) is 16.0. The van der Waals surface area contributed by atoms with Crippen molar-refractivity contribution in [2.24, 2.45) is 0 Å². The maximum atomic E-state index is 12.9. The molecule has 1 heterocycles. The monoisotopic (exact) mass is 470 g/mol. The number of carbonyl (C=O) groups excluding carboxylic acids is 2. The molecule has 0 bridgehead atoms. The Hall–Kier alpha value is -3.01. The summed E-state index contributed by atoms with van der Waals surface area (Å²) >= 11 is -1.07. The highest BCUT2D eigenvalue weighted by molar-refractivity contribution is 8.01. The molecule has 0 aromatic heterocycles. The Kier molecular flexibility index (Phi) is 6.69. The first kappa shape index (κ1) is 22.2. The molecular weight excluding hydrogens is 451 g/mol. The van der Waals surface area contributed by atoms with E-state index in [9.17, 15) is 18.0 Å². The summed E-state index contributed by atoms with van der Waals surface area (Å²) in [6.45, 7) is 2.02. The molecule has 32 heavy (non-hydrogen) atoms. The van der Waals surface area contributed by atoms with Crippen LogP contribution in [0.25, 0.3) is 0 Å². The molecule has 6 nitrogen and oxygen atoms in total. The lowest BCUT2D eigenvalue weighted by Crippen LogP contribution is -2.26. The number of nitrogens with one attached hydrogen (secondary N) is 2. The molecule has 1 aliphatic rings. The minimum absolute atomic E-state index is 0.0830. The van der Waals surface area contributed by atoms with Crippen LogP contribution in [0.2, 0.25) is 0 Å². The zero-order valence-electron chi connectivity index (χ0n) is 17.0. The Morgan fingerprint density at radius 3 is 2.72 bits per heavy atom. The summed E-state index contributed by atoms with van der Waals surface area (Å²) in [5, 5.41) is 5.47. The van der Waals surface area contributed by atoms with Gasteiger partial charge in [-0.05, 0) is 61.0 Å². The van der Waals surface area contributed by atoms with E-state index in [0.717, 1.165) is 4.90 Å². The van der Waals surface area contributed by atoms with Gasteiger partial charge in [-0.25, -0.2) is 0 Å². The van der Waals surface area contributed by atoms with Gasteiger partial charge in [-0.1, -0.05) is 12.1 Å². The number of anilines is 2. The van der Waals surface area contributed by atoms with Gasteiger partial charge in [0.1, 0.15) is 12.4 Å². The quantitative estimate of drug-likeness (QED) is 0.498. The first-order valence-corrected chi connectivity index (χ1v) is 11.6. The number of carbonyl (C=O) groups is 2. The Balaban J connectivity index is 1.36. The van der Waals surface area contributed by atoms with Crippen molar-refractivity contribution in [2.45, 2.75) is 28.6 Å². The lowest BCUT2D eigenvalue weighted by atomic mass is 10.1. The minimum atomic E-state index is -2.53. The number of ether oxygens (including phenoxy) is 1. The first-order chi connectivity index (χ1) is 15.4. The Morgan fingerprint density at radius 1 is 1.19 bits per heavy atom. The van der Waals surface area contributed by atoms with Gasteiger partial charge in [-0.3, -0.25) is 9.59 Å². The van der Waals surface area contributed by atoms with Crippen LogP contribution in [0, 0.1) is 0 Å². The second-order valence-electron chi connectivity index (χ2n) is 7.10. The number of benzene rings is 3. The Bertz CT molecular complexity index is 1150. The SMILES string of the molecule is C[C@H]1Sc2ccc(C(=O)Nc3ccc(OCc4cccc([S+]([O-])F)c4)cc3)cc2NC1=O. The van der Waals surface area contributed by atoms with Crippen molar-refractivity contribution in [1.82, 2.24) is 0 Å². The van der Waals surface area contributed by atoms with E-state index in [1.165, 1.54) is 23.9 Å². The topological polar surface area (TPSA) is 90.5 Å². The molecule has 1 unspecified atom stereocenters. The number of rotatable bonds is 6. The molecule has 164 valence electrons. The van der Waals surface area contributed by atoms with Crippen molar-refractivity contribution in [3.63, 3.8) is 0 Å². The Labute approximate surface area is 192 Å². The van der Waals surface area contributed by atoms with E-state index < -0.39 is 11.6 Å². The molecule has 0 aliphatic carbocycles. The molecule has 3 aromatic carbocycles. The molecule has 0 spiro atoms. The smallest absolute Gasteiger partial charge is 0.255 e. The van der Waals surface area contributed by atoms with E-state index in [0.29, 0.717) is 28.3 Å². The molecule has 2 amide bonds. The first-order valence-electron chi connectivity index (χ1n) is 9.72. The average molecular weight is 471 g/mol. The molecule has 0 saturated heterocycles. The maximum absolute atomic E-state index is 12.9. The van der Waals surface area contributed by atoms with Gasteiger partial charge in [-0.15, -0.1) is 11.8 Å². The number of amides is 2. The summed E-state index contributed by atoms with van der Waals surface area (Å²) in [6, 6.07) is 18.4. The van der Waals surface area contributed by atoms with Crippen LogP contribution in [-0.4, -0.2) is 21.6 Å². The van der Waals surface area contributed by atoms with E-state index in [1.807, 2.05) is 13.0 Å². The number of hydrogen-bond donors (Lipinski definition) is 2. The molecule has 0 fully saturated rings. The molecule has 9 heteroatoms. The summed E-state index contributed by atoms with van der Waals surface area (Å²) in [4.78, 5) is 25.5. The lowest BCUT2D eigenvalue weighted by molar-refractivity contribution is -0.115. The highest BCUT2D eigenvalue weighted by Gasteiger charge is 2.23. The van der Waals surface area contributed by atoms with Crippen LogP contribution in [0.5, 0.6) is 5.75 Å². The van der Waals surface area contributed by atoms with E-state index in [1.54, 1.807) is 48.5 Å². The summed E-state index contributed by atoms with van der Waals surface area (Å²) in [5.41, 5.74) is 2.35. The van der Waals surface area contributed by atoms with Crippen molar-refractivity contribution in [3.8, 4) is 5.75 Å². The molecule has 0 radical (unpaired) electrons. The van der Waals surface area contributed by atoms with Crippen LogP contribution in [0.1, 0.15) is 22.8 Å². The second kappa shape index (κ2) is 9.64. The molecule has 2 atom stereocenters. The van der Waals surface area contributed by atoms with Gasteiger partial charge < -0.3 is 19.9 Å². The van der Waals surface area contributed by atoms with Gasteiger partial charge >= 0.3 is 0 Å². The molecule has 3 aromatic rings. The van der Waals surface area contributed by atoms with Crippen molar-refractivity contribution in [1.29, 1.82) is 0 Å². The van der Waals surface area contributed by atoms with Crippen molar-refractivity contribution in [3.05, 3.63) is 77.9 Å². The van der Waals surface area contributed by atoms with Crippen molar-refractivity contribution >= 4 is 46.5 Å². The highest BCUT2D eigenvalue weighted by atomic mass is 32.3. The van der Waals surface area contributed by atoms with Crippen LogP contribution >= 0.6 is 11.8 Å². The fourth-order valence-electron chi connectivity index (χ4n) is 3.09. The van der Waals surface area contributed by atoms with Gasteiger partial charge in [0.25, 0.3) is 5.91 Å². The predicted molar refractivity (Wildman–Crippen MR) is 123 cm³/mol. The van der Waals surface area contributed by atoms with Crippen LogP contribution in [0.15, 0.2) is 76.5 Å². The van der Waals surface area contributed by atoms with Gasteiger partial charge in [0.05, 0.1) is 10.9 Å². The molecule has 0 saturated carbocycles. The van der Waals surface area contributed by atoms with Gasteiger partial charge in [-0.2, -0.15) is 0 Å². The number of thioether (sulfide) groups is 1. The number of halogens is 1. The fraction of sp³-hybridized carbons (Fsp3) is 0.130. The van der Waals surface area contributed by atoms with Crippen LogP contribution in [0.3, 0.4) is 0 Å². The van der Waals surface area contributed by atoms with E-state index in [2.05, 4.69) is 10.6 Å². The van der Waals surface area contributed by atoms with Crippen molar-refractivity contribution < 1.29 is 22.8 Å². The molecular formula is C23H19FN2O4S2. The standard InChI is InChI=1S/C23H19FN2O4S2/c1-14-22(27)26-20-12-16(5-10-21(20)31-14)23(28)25-17-6-8-18(9-7-17)30-13-15-3-2-4-19(11-15)32(24)29/h2-12,14H,13H2,1H3,(H,25,28)(H,26,27)/t14-,32?/m1/s1. The largest absolute Gasteiger partial charge is 0.575 e. The number of fused-ring (bicyclic) bond motifs is 1. The average Bonchev–Trinajstić information content (AvgIpc) is 2.79. The van der Waals surface area contributed by atoms with E-state index in [-0.39, 0.29) is 28.6 Å². The van der Waals surface area contributed by atoms with Crippen LogP contribution < -0.4 is 15.4 Å².